The summed E-state index contributed by atoms with van der Waals surface area (Å²) >= 11 is 13.5. The average molecular weight is 316 g/mol. The van der Waals surface area contributed by atoms with Crippen molar-refractivity contribution >= 4 is 34.5 Å². The third kappa shape index (κ3) is 3.85. The van der Waals surface area contributed by atoms with E-state index in [1.54, 1.807) is 29.5 Å². The molecule has 0 bridgehead atoms. The molecule has 0 radical (unpaired) electrons. The molecule has 0 saturated heterocycles. The van der Waals surface area contributed by atoms with Crippen LogP contribution < -0.4 is 4.74 Å². The van der Waals surface area contributed by atoms with Crippen molar-refractivity contribution in [2.24, 2.45) is 0 Å². The maximum Gasteiger partial charge on any atom is 0.140 e. The smallest absolute Gasteiger partial charge is 0.140 e. The second-order valence-corrected chi connectivity index (χ2v) is 7.03. The van der Waals surface area contributed by atoms with Gasteiger partial charge in [0, 0.05) is 21.9 Å². The molecule has 1 aromatic heterocycles. The van der Waals surface area contributed by atoms with Gasteiger partial charge in [0.05, 0.1) is 10.7 Å². The van der Waals surface area contributed by atoms with Crippen molar-refractivity contribution in [3.63, 3.8) is 0 Å². The topological polar surface area (TPSA) is 22.1 Å². The highest BCUT2D eigenvalue weighted by atomic mass is 35.5. The van der Waals surface area contributed by atoms with E-state index >= 15 is 0 Å². The third-order valence-electron chi connectivity index (χ3n) is 2.56. The molecule has 0 N–H and O–H groups in total. The van der Waals surface area contributed by atoms with Gasteiger partial charge in [-0.25, -0.2) is 4.98 Å². The summed E-state index contributed by atoms with van der Waals surface area (Å²) < 4.78 is 5.66. The van der Waals surface area contributed by atoms with E-state index in [0.29, 0.717) is 22.4 Å². The zero-order valence-corrected chi connectivity index (χ0v) is 13.4. The van der Waals surface area contributed by atoms with Gasteiger partial charge >= 0.3 is 0 Å². The van der Waals surface area contributed by atoms with Crippen molar-refractivity contribution in [1.82, 2.24) is 4.98 Å². The van der Waals surface area contributed by atoms with E-state index in [2.05, 4.69) is 31.1 Å². The lowest BCUT2D eigenvalue weighted by molar-refractivity contribution is 0.305. The highest BCUT2D eigenvalue weighted by molar-refractivity contribution is 7.09. The molecule has 2 rings (SSSR count). The average Bonchev–Trinajstić information content (AvgIpc) is 2.79. The molecule has 2 nitrogen and oxygen atoms in total. The van der Waals surface area contributed by atoms with Gasteiger partial charge in [-0.05, 0) is 12.1 Å². The maximum atomic E-state index is 6.04. The Hall–Kier alpha value is -0.770. The minimum absolute atomic E-state index is 0.0580. The predicted molar refractivity (Wildman–Crippen MR) is 81.6 cm³/mol. The first-order valence-electron chi connectivity index (χ1n) is 5.89. The highest BCUT2D eigenvalue weighted by Gasteiger charge is 2.17. The SMILES string of the molecule is CC(C)(C)c1csc(COc2cc(Cl)ccc2Cl)n1. The van der Waals surface area contributed by atoms with Crippen LogP contribution in [0.2, 0.25) is 10.0 Å². The summed E-state index contributed by atoms with van der Waals surface area (Å²) in [5, 5.41) is 4.16. The number of ether oxygens (including phenoxy) is 1. The van der Waals surface area contributed by atoms with Crippen LogP contribution in [0.3, 0.4) is 0 Å². The Morgan fingerprint density at radius 2 is 2.00 bits per heavy atom. The summed E-state index contributed by atoms with van der Waals surface area (Å²) in [6.07, 6.45) is 0. The Balaban J connectivity index is 2.06. The summed E-state index contributed by atoms with van der Waals surface area (Å²) in [5.41, 5.74) is 1.14. The van der Waals surface area contributed by atoms with Crippen molar-refractivity contribution in [3.05, 3.63) is 44.3 Å². The third-order valence-corrected chi connectivity index (χ3v) is 3.93. The second-order valence-electron chi connectivity index (χ2n) is 5.24. The van der Waals surface area contributed by atoms with Crippen molar-refractivity contribution in [1.29, 1.82) is 0 Å². The van der Waals surface area contributed by atoms with Crippen LogP contribution in [0.5, 0.6) is 5.75 Å². The van der Waals surface area contributed by atoms with E-state index in [1.807, 2.05) is 0 Å². The number of rotatable bonds is 3. The van der Waals surface area contributed by atoms with Crippen LogP contribution >= 0.6 is 34.5 Å². The van der Waals surface area contributed by atoms with Gasteiger partial charge in [0.2, 0.25) is 0 Å². The normalized spacial score (nSPS) is 11.6. The number of hydrogen-bond acceptors (Lipinski definition) is 3. The molecule has 0 atom stereocenters. The Kier molecular flexibility index (Phi) is 4.39. The van der Waals surface area contributed by atoms with Gasteiger partial charge in [-0.1, -0.05) is 44.0 Å². The zero-order chi connectivity index (χ0) is 14.0. The van der Waals surface area contributed by atoms with E-state index in [-0.39, 0.29) is 5.41 Å². The van der Waals surface area contributed by atoms with Gasteiger partial charge in [-0.2, -0.15) is 0 Å². The minimum Gasteiger partial charge on any atom is -0.485 e. The molecule has 0 aliphatic rings. The zero-order valence-electron chi connectivity index (χ0n) is 11.0. The lowest BCUT2D eigenvalue weighted by Crippen LogP contribution is -2.11. The summed E-state index contributed by atoms with van der Waals surface area (Å²) in [5.74, 6) is 0.585. The Labute approximate surface area is 127 Å². The molecule has 19 heavy (non-hydrogen) atoms. The van der Waals surface area contributed by atoms with Crippen LogP contribution in [0.4, 0.5) is 0 Å². The Morgan fingerprint density at radius 1 is 1.26 bits per heavy atom. The van der Waals surface area contributed by atoms with E-state index in [4.69, 9.17) is 27.9 Å². The number of hydrogen-bond donors (Lipinski definition) is 0. The van der Waals surface area contributed by atoms with Crippen molar-refractivity contribution in [2.75, 3.05) is 0 Å². The maximum absolute atomic E-state index is 6.04. The summed E-state index contributed by atoms with van der Waals surface area (Å²) in [4.78, 5) is 4.57. The van der Waals surface area contributed by atoms with Gasteiger partial charge < -0.3 is 4.74 Å². The Bertz CT molecular complexity index is 575. The molecule has 2 aromatic rings. The molecule has 0 spiro atoms. The van der Waals surface area contributed by atoms with Crippen molar-refractivity contribution in [2.45, 2.75) is 32.8 Å². The van der Waals surface area contributed by atoms with Crippen LogP contribution in [0, 0.1) is 0 Å². The Morgan fingerprint density at radius 3 is 2.63 bits per heavy atom. The van der Waals surface area contributed by atoms with E-state index in [0.717, 1.165) is 10.7 Å². The number of benzene rings is 1. The molecule has 1 heterocycles. The van der Waals surface area contributed by atoms with Crippen LogP contribution in [0.15, 0.2) is 23.6 Å². The fourth-order valence-corrected chi connectivity index (χ4v) is 2.72. The fraction of sp³-hybridized carbons (Fsp3) is 0.357. The number of aromatic nitrogens is 1. The minimum atomic E-state index is 0.0580. The standard InChI is InChI=1S/C14H15Cl2NOS/c1-14(2,3)12-8-19-13(17-12)7-18-11-6-9(15)4-5-10(11)16/h4-6,8H,7H2,1-3H3. The lowest BCUT2D eigenvalue weighted by Gasteiger charge is -2.14. The molecule has 102 valence electrons. The fourth-order valence-electron chi connectivity index (χ4n) is 1.45. The van der Waals surface area contributed by atoms with Crippen LogP contribution in [0.1, 0.15) is 31.5 Å². The summed E-state index contributed by atoms with van der Waals surface area (Å²) in [7, 11) is 0. The first kappa shape index (κ1) is 14.6. The number of halogens is 2. The molecule has 0 aliphatic carbocycles. The van der Waals surface area contributed by atoms with Crippen LogP contribution in [0.25, 0.3) is 0 Å². The molecule has 0 fully saturated rings. The second kappa shape index (κ2) is 5.70. The van der Waals surface area contributed by atoms with E-state index in [9.17, 15) is 0 Å². The molecular formula is C14H15Cl2NOS. The van der Waals surface area contributed by atoms with Crippen LogP contribution in [-0.2, 0) is 12.0 Å². The molecule has 0 amide bonds. The molecule has 0 aliphatic heterocycles. The summed E-state index contributed by atoms with van der Waals surface area (Å²) in [6.45, 7) is 6.82. The molecule has 1 aromatic carbocycles. The van der Waals surface area contributed by atoms with Gasteiger partial charge in [-0.3, -0.25) is 0 Å². The lowest BCUT2D eigenvalue weighted by atomic mass is 9.93. The molecule has 0 unspecified atom stereocenters. The quantitative estimate of drug-likeness (QED) is 0.764. The van der Waals surface area contributed by atoms with Gasteiger partial charge in [-0.15, -0.1) is 11.3 Å². The first-order chi connectivity index (χ1) is 8.86. The molecular weight excluding hydrogens is 301 g/mol. The number of nitrogens with zero attached hydrogens (tertiary/aromatic N) is 1. The van der Waals surface area contributed by atoms with E-state index < -0.39 is 0 Å². The highest BCUT2D eigenvalue weighted by Crippen LogP contribution is 2.29. The largest absolute Gasteiger partial charge is 0.485 e. The van der Waals surface area contributed by atoms with Crippen molar-refractivity contribution in [3.8, 4) is 5.75 Å². The van der Waals surface area contributed by atoms with Crippen LogP contribution in [-0.4, -0.2) is 4.98 Å². The van der Waals surface area contributed by atoms with Gasteiger partial charge in [0.1, 0.15) is 17.4 Å². The van der Waals surface area contributed by atoms with Gasteiger partial charge in [0.25, 0.3) is 0 Å². The van der Waals surface area contributed by atoms with E-state index in [1.165, 1.54) is 0 Å². The predicted octanol–water partition coefficient (Wildman–Crippen LogP) is 5.33. The first-order valence-corrected chi connectivity index (χ1v) is 7.52. The van der Waals surface area contributed by atoms with Crippen molar-refractivity contribution < 1.29 is 4.74 Å². The molecule has 5 heteroatoms. The number of thiazole rings is 1. The monoisotopic (exact) mass is 315 g/mol. The van der Waals surface area contributed by atoms with Gasteiger partial charge in [0.15, 0.2) is 0 Å². The molecule has 0 saturated carbocycles. The summed E-state index contributed by atoms with van der Waals surface area (Å²) in [6, 6.07) is 5.17.